The Kier molecular flexibility index (Phi) is 7.73. The molecule has 2 amide bonds. The highest BCUT2D eigenvalue weighted by molar-refractivity contribution is 6.04. The largest absolute Gasteiger partial charge is 0.493 e. The minimum Gasteiger partial charge on any atom is -0.493 e. The molecule has 2 aromatic carbocycles. The molecule has 0 spiro atoms. The first kappa shape index (κ1) is 26.0. The first-order valence-electron chi connectivity index (χ1n) is 11.8. The van der Waals surface area contributed by atoms with Gasteiger partial charge in [0.15, 0.2) is 11.5 Å². The molecule has 192 valence electrons. The maximum Gasteiger partial charge on any atom is 0.262 e. The summed E-state index contributed by atoms with van der Waals surface area (Å²) in [5, 5.41) is 16.1. The number of benzene rings is 2. The van der Waals surface area contributed by atoms with Crippen molar-refractivity contribution in [3.05, 3.63) is 77.6 Å². The normalized spacial score (nSPS) is 11.9. The molecule has 0 saturated carbocycles. The van der Waals surface area contributed by atoms with E-state index in [9.17, 15) is 14.9 Å². The summed E-state index contributed by atoms with van der Waals surface area (Å²) >= 11 is 0. The molecule has 0 bridgehead atoms. The second-order valence-electron chi connectivity index (χ2n) is 8.60. The van der Waals surface area contributed by atoms with Gasteiger partial charge in [0.25, 0.3) is 5.91 Å². The lowest BCUT2D eigenvalue weighted by Gasteiger charge is -2.16. The average Bonchev–Trinajstić information content (AvgIpc) is 3.33. The molecular weight excluding hydrogens is 482 g/mol. The average molecular weight is 510 g/mol. The minimum atomic E-state index is -0.498. The molecule has 0 aliphatic heterocycles. The fourth-order valence-electron chi connectivity index (χ4n) is 4.03. The molecule has 0 aliphatic carbocycles. The number of carbonyl (C=O) groups is 2. The molecular formula is C29H27N5O4. The molecule has 2 heterocycles. The zero-order chi connectivity index (χ0) is 27.2. The molecule has 0 saturated heterocycles. The first-order chi connectivity index (χ1) is 18.3. The zero-order valence-corrected chi connectivity index (χ0v) is 21.5. The Hall–Kier alpha value is -5.10. The number of rotatable bonds is 8. The number of aromatic amines is 1. The van der Waals surface area contributed by atoms with Gasteiger partial charge in [-0.2, -0.15) is 5.26 Å². The lowest BCUT2D eigenvalue weighted by molar-refractivity contribution is -0.117. The number of nitrogens with zero attached hydrogens (tertiary/aromatic N) is 2. The van der Waals surface area contributed by atoms with Crippen molar-refractivity contribution in [3.63, 3.8) is 0 Å². The van der Waals surface area contributed by atoms with E-state index in [-0.39, 0.29) is 17.5 Å². The van der Waals surface area contributed by atoms with Gasteiger partial charge >= 0.3 is 0 Å². The summed E-state index contributed by atoms with van der Waals surface area (Å²) in [6.07, 6.45) is 4.99. The number of nitriles is 1. The van der Waals surface area contributed by atoms with Gasteiger partial charge in [0.05, 0.1) is 20.3 Å². The fraction of sp³-hybridized carbons (Fsp3) is 0.172. The van der Waals surface area contributed by atoms with Gasteiger partial charge in [-0.25, -0.2) is 4.98 Å². The third-order valence-electron chi connectivity index (χ3n) is 6.02. The van der Waals surface area contributed by atoms with Gasteiger partial charge in [-0.3, -0.25) is 9.59 Å². The van der Waals surface area contributed by atoms with Crippen LogP contribution in [0.1, 0.15) is 31.0 Å². The Bertz CT molecular complexity index is 1560. The van der Waals surface area contributed by atoms with Crippen LogP contribution in [0.5, 0.6) is 11.5 Å². The molecule has 0 radical (unpaired) electrons. The second kappa shape index (κ2) is 11.3. The summed E-state index contributed by atoms with van der Waals surface area (Å²) in [7, 11) is 3.10. The lowest BCUT2D eigenvalue weighted by atomic mass is 10.0. The lowest BCUT2D eigenvalue weighted by Crippen LogP contribution is -2.27. The number of ether oxygens (including phenoxy) is 2. The molecule has 9 heteroatoms. The minimum absolute atomic E-state index is 0.0386. The number of aromatic nitrogens is 2. The number of H-pyrrole nitrogens is 1. The van der Waals surface area contributed by atoms with Gasteiger partial charge in [0.1, 0.15) is 17.3 Å². The van der Waals surface area contributed by atoms with Crippen LogP contribution in [0.2, 0.25) is 0 Å². The smallest absolute Gasteiger partial charge is 0.262 e. The Morgan fingerprint density at radius 2 is 1.79 bits per heavy atom. The van der Waals surface area contributed by atoms with Gasteiger partial charge in [0, 0.05) is 41.5 Å². The van der Waals surface area contributed by atoms with Crippen LogP contribution < -0.4 is 20.1 Å². The van der Waals surface area contributed by atoms with Crippen molar-refractivity contribution < 1.29 is 19.1 Å². The summed E-state index contributed by atoms with van der Waals surface area (Å²) in [5.41, 5.74) is 4.52. The van der Waals surface area contributed by atoms with Gasteiger partial charge in [-0.1, -0.05) is 18.2 Å². The van der Waals surface area contributed by atoms with Crippen LogP contribution in [0.4, 0.5) is 5.69 Å². The zero-order valence-electron chi connectivity index (χ0n) is 21.5. The van der Waals surface area contributed by atoms with E-state index in [2.05, 4.69) is 20.6 Å². The number of carbonyl (C=O) groups excluding carboxylic acids is 2. The Labute approximate surface area is 220 Å². The van der Waals surface area contributed by atoms with Crippen LogP contribution >= 0.6 is 0 Å². The summed E-state index contributed by atoms with van der Waals surface area (Å²) < 4.78 is 10.6. The third kappa shape index (κ3) is 5.65. The van der Waals surface area contributed by atoms with Crippen molar-refractivity contribution in [1.29, 1.82) is 5.26 Å². The Morgan fingerprint density at radius 3 is 2.45 bits per heavy atom. The Morgan fingerprint density at radius 1 is 1.05 bits per heavy atom. The van der Waals surface area contributed by atoms with Crippen LogP contribution in [0, 0.1) is 11.3 Å². The van der Waals surface area contributed by atoms with Crippen molar-refractivity contribution in [2.24, 2.45) is 0 Å². The number of amides is 2. The van der Waals surface area contributed by atoms with E-state index < -0.39 is 5.91 Å². The van der Waals surface area contributed by atoms with Crippen molar-refractivity contribution in [1.82, 2.24) is 15.3 Å². The van der Waals surface area contributed by atoms with Crippen LogP contribution in [-0.2, 0) is 9.59 Å². The molecule has 9 nitrogen and oxygen atoms in total. The SMILES string of the molecule is COc1ccc([C@@H](C)NC(=O)/C(C#N)=C/c2c[nH]c3ncc(-c4ccc(NC(C)=O)cc4)cc23)cc1OC. The maximum absolute atomic E-state index is 13.0. The molecule has 4 rings (SSSR count). The first-order valence-corrected chi connectivity index (χ1v) is 11.8. The van der Waals surface area contributed by atoms with E-state index in [0.29, 0.717) is 28.4 Å². The highest BCUT2D eigenvalue weighted by Crippen LogP contribution is 2.30. The number of hydrogen-bond donors (Lipinski definition) is 3. The maximum atomic E-state index is 13.0. The molecule has 38 heavy (non-hydrogen) atoms. The van der Waals surface area contributed by atoms with E-state index >= 15 is 0 Å². The van der Waals surface area contributed by atoms with Crippen LogP contribution in [-0.4, -0.2) is 36.0 Å². The summed E-state index contributed by atoms with van der Waals surface area (Å²) in [5.74, 6) is 0.499. The molecule has 1 atom stereocenters. The van der Waals surface area contributed by atoms with Gasteiger partial charge in [0.2, 0.25) is 5.91 Å². The van der Waals surface area contributed by atoms with Gasteiger partial charge in [-0.15, -0.1) is 0 Å². The molecule has 0 unspecified atom stereocenters. The van der Waals surface area contributed by atoms with Crippen molar-refractivity contribution in [2.75, 3.05) is 19.5 Å². The van der Waals surface area contributed by atoms with E-state index in [1.165, 1.54) is 6.92 Å². The molecule has 0 aliphatic rings. The van der Waals surface area contributed by atoms with E-state index in [0.717, 1.165) is 22.1 Å². The van der Waals surface area contributed by atoms with Crippen LogP contribution in [0.3, 0.4) is 0 Å². The van der Waals surface area contributed by atoms with E-state index in [4.69, 9.17) is 9.47 Å². The fourth-order valence-corrected chi connectivity index (χ4v) is 4.03. The summed E-state index contributed by atoms with van der Waals surface area (Å²) in [6, 6.07) is 16.4. The van der Waals surface area contributed by atoms with Crippen LogP contribution in [0.15, 0.2) is 66.5 Å². The van der Waals surface area contributed by atoms with E-state index in [1.54, 1.807) is 44.8 Å². The van der Waals surface area contributed by atoms with Crippen LogP contribution in [0.25, 0.3) is 28.2 Å². The quantitative estimate of drug-likeness (QED) is 0.227. The molecule has 0 fully saturated rings. The van der Waals surface area contributed by atoms with Gasteiger partial charge < -0.3 is 25.1 Å². The van der Waals surface area contributed by atoms with Crippen molar-refractivity contribution in [3.8, 4) is 28.7 Å². The predicted octanol–water partition coefficient (Wildman–Crippen LogP) is 4.99. The second-order valence-corrected chi connectivity index (χ2v) is 8.60. The third-order valence-corrected chi connectivity index (χ3v) is 6.02. The number of methoxy groups -OCH3 is 2. The number of anilines is 1. The number of pyridine rings is 1. The predicted molar refractivity (Wildman–Crippen MR) is 146 cm³/mol. The molecule has 4 aromatic rings. The summed E-state index contributed by atoms with van der Waals surface area (Å²) in [4.78, 5) is 31.8. The number of nitrogens with one attached hydrogen (secondary N) is 3. The molecule has 3 N–H and O–H groups in total. The monoisotopic (exact) mass is 509 g/mol. The topological polar surface area (TPSA) is 129 Å². The number of hydrogen-bond acceptors (Lipinski definition) is 6. The number of fused-ring (bicyclic) bond motifs is 1. The highest BCUT2D eigenvalue weighted by atomic mass is 16.5. The standard InChI is InChI=1S/C29H27N5O4/c1-17(20-7-10-26(37-3)27(13-20)38-4)33-29(36)21(14-30)11-23-16-32-28-25(23)12-22(15-31-28)19-5-8-24(9-6-19)34-18(2)35/h5-13,15-17H,1-4H3,(H,31,32)(H,33,36)(H,34,35)/b21-11+/t17-/m1/s1. The van der Waals surface area contributed by atoms with Crippen molar-refractivity contribution >= 4 is 34.6 Å². The van der Waals surface area contributed by atoms with E-state index in [1.807, 2.05) is 49.4 Å². The Balaban J connectivity index is 1.57. The van der Waals surface area contributed by atoms with Crippen molar-refractivity contribution in [2.45, 2.75) is 19.9 Å². The summed E-state index contributed by atoms with van der Waals surface area (Å²) in [6.45, 7) is 3.28. The molecule has 2 aromatic heterocycles. The highest BCUT2D eigenvalue weighted by Gasteiger charge is 2.17. The van der Waals surface area contributed by atoms with Gasteiger partial charge in [-0.05, 0) is 54.5 Å².